The van der Waals surface area contributed by atoms with Crippen molar-refractivity contribution in [1.82, 2.24) is 4.90 Å². The van der Waals surface area contributed by atoms with E-state index in [-0.39, 0.29) is 5.54 Å². The summed E-state index contributed by atoms with van der Waals surface area (Å²) in [6, 6.07) is 0. The average molecular weight is 253 g/mol. The molecule has 2 fully saturated rings. The highest BCUT2D eigenvalue weighted by molar-refractivity contribution is 5.68. The summed E-state index contributed by atoms with van der Waals surface area (Å²) in [4.78, 5) is 13.8. The largest absolute Gasteiger partial charge is 0.481 e. The number of hydrogen-bond donors (Lipinski definition) is 1. The Hall–Kier alpha value is -0.570. The first-order valence-electron chi connectivity index (χ1n) is 7.63. The van der Waals surface area contributed by atoms with E-state index in [1.165, 1.54) is 38.5 Å². The Kier molecular flexibility index (Phi) is 4.66. The van der Waals surface area contributed by atoms with Crippen LogP contribution in [0.3, 0.4) is 0 Å². The van der Waals surface area contributed by atoms with Gasteiger partial charge in [0.2, 0.25) is 0 Å². The van der Waals surface area contributed by atoms with Crippen molar-refractivity contribution in [2.24, 2.45) is 5.92 Å². The van der Waals surface area contributed by atoms with Gasteiger partial charge in [-0.15, -0.1) is 0 Å². The SMILES string of the molecule is CCC1CCCC(CC(=O)O)(N2CCCC2)CC1. The lowest BCUT2D eigenvalue weighted by atomic mass is 9.84. The van der Waals surface area contributed by atoms with Crippen molar-refractivity contribution in [2.75, 3.05) is 13.1 Å². The maximum absolute atomic E-state index is 11.3. The van der Waals surface area contributed by atoms with Crippen molar-refractivity contribution < 1.29 is 9.90 Å². The summed E-state index contributed by atoms with van der Waals surface area (Å²) in [6.07, 6.45) is 10.0. The molecule has 3 nitrogen and oxygen atoms in total. The highest BCUT2D eigenvalue weighted by Crippen LogP contribution is 2.39. The van der Waals surface area contributed by atoms with Crippen LogP contribution in [0.2, 0.25) is 0 Å². The fourth-order valence-electron chi connectivity index (χ4n) is 3.95. The van der Waals surface area contributed by atoms with Gasteiger partial charge in [-0.3, -0.25) is 9.69 Å². The first-order chi connectivity index (χ1) is 8.66. The number of nitrogens with zero attached hydrogens (tertiary/aromatic N) is 1. The zero-order chi connectivity index (χ0) is 13.0. The second-order valence-electron chi connectivity index (χ2n) is 6.19. The second-order valence-corrected chi connectivity index (χ2v) is 6.19. The smallest absolute Gasteiger partial charge is 0.305 e. The third-order valence-electron chi connectivity index (χ3n) is 5.11. The van der Waals surface area contributed by atoms with Crippen LogP contribution in [0.4, 0.5) is 0 Å². The van der Waals surface area contributed by atoms with E-state index >= 15 is 0 Å². The Morgan fingerprint density at radius 1 is 1.22 bits per heavy atom. The molecule has 0 aromatic heterocycles. The van der Waals surface area contributed by atoms with Gasteiger partial charge >= 0.3 is 5.97 Å². The standard InChI is InChI=1S/C15H27NO2/c1-2-13-6-5-8-15(9-7-13,12-14(17)18)16-10-3-4-11-16/h13H,2-12H2,1H3,(H,17,18). The Morgan fingerprint density at radius 2 is 1.94 bits per heavy atom. The van der Waals surface area contributed by atoms with E-state index in [0.29, 0.717) is 6.42 Å². The van der Waals surface area contributed by atoms with Crippen molar-refractivity contribution in [2.45, 2.75) is 70.3 Å². The molecule has 3 heteroatoms. The molecule has 2 aliphatic rings. The lowest BCUT2D eigenvalue weighted by Gasteiger charge is -2.40. The number of likely N-dealkylation sites (tertiary alicyclic amines) is 1. The van der Waals surface area contributed by atoms with Crippen molar-refractivity contribution in [3.05, 3.63) is 0 Å². The number of aliphatic carboxylic acids is 1. The van der Waals surface area contributed by atoms with Crippen LogP contribution >= 0.6 is 0 Å². The summed E-state index contributed by atoms with van der Waals surface area (Å²) >= 11 is 0. The average Bonchev–Trinajstić information content (AvgIpc) is 2.79. The van der Waals surface area contributed by atoms with Crippen LogP contribution < -0.4 is 0 Å². The lowest BCUT2D eigenvalue weighted by molar-refractivity contribution is -0.140. The molecule has 104 valence electrons. The number of hydrogen-bond acceptors (Lipinski definition) is 2. The van der Waals surface area contributed by atoms with Gasteiger partial charge in [0.25, 0.3) is 0 Å². The lowest BCUT2D eigenvalue weighted by Crippen LogP contribution is -2.48. The Bertz CT molecular complexity index is 286. The first kappa shape index (κ1) is 13.9. The van der Waals surface area contributed by atoms with Gasteiger partial charge in [0, 0.05) is 5.54 Å². The summed E-state index contributed by atoms with van der Waals surface area (Å²) in [5.74, 6) is 0.208. The van der Waals surface area contributed by atoms with E-state index in [9.17, 15) is 9.90 Å². The van der Waals surface area contributed by atoms with Gasteiger partial charge in [0.1, 0.15) is 0 Å². The molecule has 0 spiro atoms. The molecule has 18 heavy (non-hydrogen) atoms. The summed E-state index contributed by atoms with van der Waals surface area (Å²) in [6.45, 7) is 4.50. The van der Waals surface area contributed by atoms with Crippen molar-refractivity contribution in [3.8, 4) is 0 Å². The molecule has 1 heterocycles. The van der Waals surface area contributed by atoms with Crippen LogP contribution in [0.25, 0.3) is 0 Å². The Balaban J connectivity index is 2.10. The van der Waals surface area contributed by atoms with Crippen LogP contribution in [0.15, 0.2) is 0 Å². The third kappa shape index (κ3) is 3.05. The fourth-order valence-corrected chi connectivity index (χ4v) is 3.95. The molecule has 1 saturated carbocycles. The summed E-state index contributed by atoms with van der Waals surface area (Å²) in [7, 11) is 0. The monoisotopic (exact) mass is 253 g/mol. The number of carbonyl (C=O) groups is 1. The van der Waals surface area contributed by atoms with Gasteiger partial charge in [-0.1, -0.05) is 26.2 Å². The second kappa shape index (κ2) is 6.05. The molecular weight excluding hydrogens is 226 g/mol. The minimum atomic E-state index is -0.614. The first-order valence-corrected chi connectivity index (χ1v) is 7.63. The van der Waals surface area contributed by atoms with E-state index in [0.717, 1.165) is 31.8 Å². The van der Waals surface area contributed by atoms with E-state index < -0.39 is 5.97 Å². The van der Waals surface area contributed by atoms with Crippen molar-refractivity contribution >= 4 is 5.97 Å². The molecule has 0 bridgehead atoms. The summed E-state index contributed by atoms with van der Waals surface area (Å²) in [5.41, 5.74) is -0.0216. The minimum absolute atomic E-state index is 0.0216. The third-order valence-corrected chi connectivity index (χ3v) is 5.11. The van der Waals surface area contributed by atoms with Gasteiger partial charge in [0.05, 0.1) is 6.42 Å². The Morgan fingerprint density at radius 3 is 2.56 bits per heavy atom. The maximum Gasteiger partial charge on any atom is 0.305 e. The van der Waals surface area contributed by atoms with E-state index in [1.807, 2.05) is 0 Å². The molecule has 1 saturated heterocycles. The number of carboxylic acid groups (broad SMARTS) is 1. The quantitative estimate of drug-likeness (QED) is 0.782. The molecule has 1 N–H and O–H groups in total. The fraction of sp³-hybridized carbons (Fsp3) is 0.933. The van der Waals surface area contributed by atoms with Crippen LogP contribution in [-0.2, 0) is 4.79 Å². The molecule has 0 aromatic carbocycles. The zero-order valence-corrected chi connectivity index (χ0v) is 11.7. The number of rotatable bonds is 4. The van der Waals surface area contributed by atoms with Gasteiger partial charge < -0.3 is 5.11 Å². The van der Waals surface area contributed by atoms with Crippen LogP contribution in [-0.4, -0.2) is 34.6 Å². The molecule has 2 unspecified atom stereocenters. The highest BCUT2D eigenvalue weighted by Gasteiger charge is 2.40. The molecule has 1 aliphatic heterocycles. The predicted molar refractivity (Wildman–Crippen MR) is 72.7 cm³/mol. The van der Waals surface area contributed by atoms with E-state index in [4.69, 9.17) is 0 Å². The molecular formula is C15H27NO2. The summed E-state index contributed by atoms with van der Waals surface area (Å²) in [5, 5.41) is 9.28. The predicted octanol–water partition coefficient (Wildman–Crippen LogP) is 3.29. The zero-order valence-electron chi connectivity index (χ0n) is 11.7. The molecule has 0 amide bonds. The summed E-state index contributed by atoms with van der Waals surface area (Å²) < 4.78 is 0. The molecule has 2 rings (SSSR count). The van der Waals surface area contributed by atoms with Crippen molar-refractivity contribution in [1.29, 1.82) is 0 Å². The van der Waals surface area contributed by atoms with Gasteiger partial charge in [0.15, 0.2) is 0 Å². The number of carboxylic acids is 1. The topological polar surface area (TPSA) is 40.5 Å². The van der Waals surface area contributed by atoms with Gasteiger partial charge in [-0.25, -0.2) is 0 Å². The van der Waals surface area contributed by atoms with Crippen LogP contribution in [0.5, 0.6) is 0 Å². The Labute approximate surface area is 111 Å². The van der Waals surface area contributed by atoms with Crippen LogP contribution in [0.1, 0.15) is 64.7 Å². The van der Waals surface area contributed by atoms with Crippen LogP contribution in [0, 0.1) is 5.92 Å². The van der Waals surface area contributed by atoms with E-state index in [1.54, 1.807) is 0 Å². The van der Waals surface area contributed by atoms with Gasteiger partial charge in [-0.2, -0.15) is 0 Å². The van der Waals surface area contributed by atoms with Crippen molar-refractivity contribution in [3.63, 3.8) is 0 Å². The molecule has 1 aliphatic carbocycles. The maximum atomic E-state index is 11.3. The highest BCUT2D eigenvalue weighted by atomic mass is 16.4. The molecule has 0 radical (unpaired) electrons. The van der Waals surface area contributed by atoms with E-state index in [2.05, 4.69) is 11.8 Å². The minimum Gasteiger partial charge on any atom is -0.481 e. The normalized spacial score (nSPS) is 34.4. The van der Waals surface area contributed by atoms with Gasteiger partial charge in [-0.05, 0) is 51.1 Å². The molecule has 0 aromatic rings. The molecule has 2 atom stereocenters.